The minimum atomic E-state index is 0.171. The monoisotopic (exact) mass is 299 g/mol. The summed E-state index contributed by atoms with van der Waals surface area (Å²) in [6.07, 6.45) is 8.42. The summed E-state index contributed by atoms with van der Waals surface area (Å²) in [6, 6.07) is 0. The number of rotatable bonds is 5. The van der Waals surface area contributed by atoms with Gasteiger partial charge in [0.1, 0.15) is 17.2 Å². The van der Waals surface area contributed by atoms with E-state index in [1.54, 1.807) is 0 Å². The van der Waals surface area contributed by atoms with Gasteiger partial charge in [0.05, 0.1) is 11.0 Å². The fourth-order valence-corrected chi connectivity index (χ4v) is 3.15. The number of nitrogen functional groups attached to an aromatic ring is 1. The summed E-state index contributed by atoms with van der Waals surface area (Å²) in [7, 11) is 0. The third-order valence-corrected chi connectivity index (χ3v) is 4.11. The molecule has 3 rings (SSSR count). The third kappa shape index (κ3) is 2.60. The summed E-state index contributed by atoms with van der Waals surface area (Å²) >= 11 is 0. The van der Waals surface area contributed by atoms with Gasteiger partial charge in [-0.15, -0.1) is 0 Å². The van der Waals surface area contributed by atoms with Crippen molar-refractivity contribution in [2.75, 3.05) is 17.2 Å². The molecule has 0 amide bonds. The highest BCUT2D eigenvalue weighted by Crippen LogP contribution is 2.31. The number of fused-ring (bicyclic) bond motifs is 3. The van der Waals surface area contributed by atoms with Crippen LogP contribution in [0, 0.1) is 5.92 Å². The number of nitrogens with two attached hydrogens (primary N) is 1. The van der Waals surface area contributed by atoms with E-state index in [-0.39, 0.29) is 6.17 Å². The molecule has 22 heavy (non-hydrogen) atoms. The molecule has 5 heteroatoms. The first kappa shape index (κ1) is 15.0. The molecule has 0 fully saturated rings. The number of hydrogen-bond donors (Lipinski definition) is 1. The molecule has 1 unspecified atom stereocenters. The molecule has 1 aromatic rings. The highest BCUT2D eigenvalue weighted by atomic mass is 15.3. The number of pyridine rings is 1. The highest BCUT2D eigenvalue weighted by molar-refractivity contribution is 5.81. The van der Waals surface area contributed by atoms with Gasteiger partial charge >= 0.3 is 0 Å². The lowest BCUT2D eigenvalue weighted by molar-refractivity contribution is 0.512. The Morgan fingerprint density at radius 1 is 1.41 bits per heavy atom. The molecule has 0 spiro atoms. The average Bonchev–Trinajstić information content (AvgIpc) is 2.84. The predicted octanol–water partition coefficient (Wildman–Crippen LogP) is 2.16. The van der Waals surface area contributed by atoms with E-state index in [1.165, 1.54) is 12.8 Å². The second-order valence-electron chi connectivity index (χ2n) is 6.48. The van der Waals surface area contributed by atoms with E-state index >= 15 is 0 Å². The number of aromatic nitrogens is 1. The van der Waals surface area contributed by atoms with Gasteiger partial charge < -0.3 is 10.6 Å². The molecule has 0 saturated heterocycles. The first-order valence-corrected chi connectivity index (χ1v) is 8.28. The van der Waals surface area contributed by atoms with Crippen molar-refractivity contribution in [3.05, 3.63) is 10.7 Å². The topological polar surface area (TPSA) is 66.9 Å². The Bertz CT molecular complexity index is 705. The molecule has 0 aliphatic carbocycles. The van der Waals surface area contributed by atoms with Crippen molar-refractivity contribution < 1.29 is 0 Å². The molecule has 0 aromatic carbocycles. The van der Waals surface area contributed by atoms with Crippen LogP contribution in [-0.4, -0.2) is 23.9 Å². The molecule has 118 valence electrons. The number of aliphatic imine (C=N–C) groups is 1. The van der Waals surface area contributed by atoms with Gasteiger partial charge in [-0.1, -0.05) is 33.3 Å². The fraction of sp³-hybridized carbons (Fsp3) is 0.588. The molecule has 2 aliphatic heterocycles. The number of nitrogens with zero attached hydrogens (tertiary/aromatic N) is 4. The molecule has 5 nitrogen and oxygen atoms in total. The summed E-state index contributed by atoms with van der Waals surface area (Å²) < 4.78 is 0. The fourth-order valence-electron chi connectivity index (χ4n) is 3.15. The SMILES string of the molecule is CCCCC1N=c2c(N)nc3c(c2N1CC(C)C)N=CCC=3. The van der Waals surface area contributed by atoms with E-state index in [4.69, 9.17) is 10.7 Å². The van der Waals surface area contributed by atoms with Gasteiger partial charge in [0, 0.05) is 19.2 Å². The minimum absolute atomic E-state index is 0.171. The van der Waals surface area contributed by atoms with Crippen molar-refractivity contribution in [3.8, 4) is 0 Å². The van der Waals surface area contributed by atoms with Crippen LogP contribution in [0.5, 0.6) is 0 Å². The lowest BCUT2D eigenvalue weighted by atomic mass is 10.1. The molecule has 3 heterocycles. The first-order chi connectivity index (χ1) is 10.6. The molecule has 0 saturated carbocycles. The Labute approximate surface area is 131 Å². The first-order valence-electron chi connectivity index (χ1n) is 8.28. The van der Waals surface area contributed by atoms with Crippen LogP contribution in [0.25, 0.3) is 6.08 Å². The van der Waals surface area contributed by atoms with Crippen LogP contribution in [-0.2, 0) is 0 Å². The van der Waals surface area contributed by atoms with E-state index in [1.807, 2.05) is 6.21 Å². The molecular weight excluding hydrogens is 274 g/mol. The van der Waals surface area contributed by atoms with Gasteiger partial charge in [-0.05, 0) is 18.8 Å². The number of unbranched alkanes of at least 4 members (excludes halogenated alkanes) is 1. The zero-order valence-electron chi connectivity index (χ0n) is 13.7. The average molecular weight is 299 g/mol. The molecule has 1 aromatic heterocycles. The predicted molar refractivity (Wildman–Crippen MR) is 92.2 cm³/mol. The van der Waals surface area contributed by atoms with E-state index < -0.39 is 0 Å². The maximum absolute atomic E-state index is 6.18. The standard InChI is InChI=1S/C17H25N5/c1-4-5-8-13-21-15-16(22(13)10-11(2)3)14-12(20-17(15)18)7-6-9-19-14/h7,9,11,13H,4-6,8,10H2,1-3H3,(H2,18,20). The molecule has 0 radical (unpaired) electrons. The van der Waals surface area contributed by atoms with Crippen LogP contribution >= 0.6 is 0 Å². The summed E-state index contributed by atoms with van der Waals surface area (Å²) in [5.41, 5.74) is 8.21. The maximum Gasteiger partial charge on any atom is 0.152 e. The van der Waals surface area contributed by atoms with Gasteiger partial charge in [-0.2, -0.15) is 0 Å². The normalized spacial score (nSPS) is 18.9. The van der Waals surface area contributed by atoms with Gasteiger partial charge in [-0.3, -0.25) is 9.98 Å². The van der Waals surface area contributed by atoms with Gasteiger partial charge in [0.15, 0.2) is 5.82 Å². The van der Waals surface area contributed by atoms with E-state index in [0.29, 0.717) is 11.7 Å². The van der Waals surface area contributed by atoms with Crippen LogP contribution in [0.3, 0.4) is 0 Å². The van der Waals surface area contributed by atoms with Gasteiger partial charge in [0.2, 0.25) is 0 Å². The van der Waals surface area contributed by atoms with Crippen molar-refractivity contribution in [2.45, 2.75) is 52.6 Å². The Balaban J connectivity index is 2.12. The second-order valence-corrected chi connectivity index (χ2v) is 6.48. The maximum atomic E-state index is 6.18. The van der Waals surface area contributed by atoms with Crippen molar-refractivity contribution in [3.63, 3.8) is 0 Å². The highest BCUT2D eigenvalue weighted by Gasteiger charge is 2.30. The van der Waals surface area contributed by atoms with Crippen LogP contribution in [0.1, 0.15) is 46.5 Å². The van der Waals surface area contributed by atoms with Crippen molar-refractivity contribution in [2.24, 2.45) is 15.9 Å². The van der Waals surface area contributed by atoms with Crippen LogP contribution < -0.4 is 21.3 Å². The van der Waals surface area contributed by atoms with Crippen molar-refractivity contribution in [1.82, 2.24) is 4.98 Å². The Kier molecular flexibility index (Phi) is 4.14. The molecule has 1 atom stereocenters. The second kappa shape index (κ2) is 6.07. The van der Waals surface area contributed by atoms with E-state index in [2.05, 4.69) is 41.7 Å². The lowest BCUT2D eigenvalue weighted by Crippen LogP contribution is -2.36. The Morgan fingerprint density at radius 3 is 2.95 bits per heavy atom. The summed E-state index contributed by atoms with van der Waals surface area (Å²) in [6.45, 7) is 7.66. The zero-order valence-corrected chi connectivity index (χ0v) is 13.7. The van der Waals surface area contributed by atoms with Crippen molar-refractivity contribution >= 4 is 29.5 Å². The molecule has 2 aliphatic rings. The van der Waals surface area contributed by atoms with Gasteiger partial charge in [-0.25, -0.2) is 4.98 Å². The summed E-state index contributed by atoms with van der Waals surface area (Å²) in [4.78, 5) is 16.4. The lowest BCUT2D eigenvalue weighted by Gasteiger charge is -2.29. The van der Waals surface area contributed by atoms with E-state index in [0.717, 1.165) is 41.5 Å². The quantitative estimate of drug-likeness (QED) is 0.906. The Morgan fingerprint density at radius 2 is 2.23 bits per heavy atom. The summed E-state index contributed by atoms with van der Waals surface area (Å²) in [5, 5.41) is 1.74. The molecular formula is C17H25N5. The molecule has 0 bridgehead atoms. The van der Waals surface area contributed by atoms with Gasteiger partial charge in [0.25, 0.3) is 0 Å². The van der Waals surface area contributed by atoms with Crippen LogP contribution in [0.2, 0.25) is 0 Å². The van der Waals surface area contributed by atoms with Crippen molar-refractivity contribution in [1.29, 1.82) is 0 Å². The zero-order chi connectivity index (χ0) is 15.7. The molecule has 2 N–H and O–H groups in total. The van der Waals surface area contributed by atoms with Crippen LogP contribution in [0.15, 0.2) is 9.98 Å². The van der Waals surface area contributed by atoms with E-state index in [9.17, 15) is 0 Å². The summed E-state index contributed by atoms with van der Waals surface area (Å²) in [5.74, 6) is 1.10. The third-order valence-electron chi connectivity index (χ3n) is 4.11. The Hall–Kier alpha value is -1.91. The largest absolute Gasteiger partial charge is 0.382 e. The smallest absolute Gasteiger partial charge is 0.152 e. The minimum Gasteiger partial charge on any atom is -0.382 e. The number of anilines is 2. The van der Waals surface area contributed by atoms with Crippen LogP contribution in [0.4, 0.5) is 17.2 Å². The number of hydrogen-bond acceptors (Lipinski definition) is 5.